The topological polar surface area (TPSA) is 56.5 Å². The molecule has 1 aromatic carbocycles. The van der Waals surface area contributed by atoms with E-state index in [4.69, 9.17) is 9.15 Å². The molecule has 0 bridgehead atoms. The van der Waals surface area contributed by atoms with Gasteiger partial charge in [-0.1, -0.05) is 0 Å². The first-order chi connectivity index (χ1) is 10.7. The van der Waals surface area contributed by atoms with Crippen LogP contribution in [0.3, 0.4) is 0 Å². The fourth-order valence-corrected chi connectivity index (χ4v) is 3.67. The third-order valence-electron chi connectivity index (χ3n) is 3.83. The number of aryl methyl sites for hydroxylation is 2. The maximum absolute atomic E-state index is 11.7. The van der Waals surface area contributed by atoms with Crippen molar-refractivity contribution in [2.75, 3.05) is 12.4 Å². The van der Waals surface area contributed by atoms with Gasteiger partial charge in [-0.15, -0.1) is 11.8 Å². The molecule has 0 atom stereocenters. The third-order valence-corrected chi connectivity index (χ3v) is 4.78. The monoisotopic (exact) mass is 318 g/mol. The lowest BCUT2D eigenvalue weighted by atomic mass is 10.0. The van der Waals surface area contributed by atoms with Crippen LogP contribution < -0.4 is 5.63 Å². The largest absolute Gasteiger partial charge is 0.465 e. The van der Waals surface area contributed by atoms with Crippen molar-refractivity contribution in [3.63, 3.8) is 0 Å². The number of esters is 1. The Kier molecular flexibility index (Phi) is 4.52. The normalized spacial score (nSPS) is 13.3. The van der Waals surface area contributed by atoms with Gasteiger partial charge in [-0.25, -0.2) is 4.79 Å². The highest BCUT2D eigenvalue weighted by Crippen LogP contribution is 2.29. The van der Waals surface area contributed by atoms with E-state index in [9.17, 15) is 9.59 Å². The third kappa shape index (κ3) is 3.19. The quantitative estimate of drug-likeness (QED) is 0.626. The number of hydrogen-bond acceptors (Lipinski definition) is 5. The molecule has 0 unspecified atom stereocenters. The van der Waals surface area contributed by atoms with E-state index in [1.54, 1.807) is 6.92 Å². The molecular weight excluding hydrogens is 300 g/mol. The van der Waals surface area contributed by atoms with Crippen LogP contribution in [0.15, 0.2) is 27.4 Å². The SMILES string of the molecule is CCOC(=O)CSCc1cc(=O)oc2cc3c(cc12)CCC3. The molecule has 0 saturated carbocycles. The zero-order chi connectivity index (χ0) is 15.5. The molecule has 1 aliphatic rings. The number of carbonyl (C=O) groups is 1. The van der Waals surface area contributed by atoms with Crippen LogP contribution in [-0.4, -0.2) is 18.3 Å². The lowest BCUT2D eigenvalue weighted by Gasteiger charge is -2.08. The average molecular weight is 318 g/mol. The fraction of sp³-hybridized carbons (Fsp3) is 0.412. The van der Waals surface area contributed by atoms with E-state index in [2.05, 4.69) is 6.07 Å². The molecule has 0 N–H and O–H groups in total. The minimum absolute atomic E-state index is 0.222. The van der Waals surface area contributed by atoms with Crippen molar-refractivity contribution in [1.82, 2.24) is 0 Å². The second-order valence-corrected chi connectivity index (χ2v) is 6.34. The van der Waals surface area contributed by atoms with Crippen molar-refractivity contribution in [3.8, 4) is 0 Å². The van der Waals surface area contributed by atoms with Gasteiger partial charge in [-0.2, -0.15) is 0 Å². The highest BCUT2D eigenvalue weighted by Gasteiger charge is 2.15. The van der Waals surface area contributed by atoms with Crippen LogP contribution in [-0.2, 0) is 28.1 Å². The summed E-state index contributed by atoms with van der Waals surface area (Å²) in [6.07, 6.45) is 3.29. The van der Waals surface area contributed by atoms with E-state index < -0.39 is 0 Å². The van der Waals surface area contributed by atoms with Crippen molar-refractivity contribution in [1.29, 1.82) is 0 Å². The second-order valence-electron chi connectivity index (χ2n) is 5.36. The van der Waals surface area contributed by atoms with E-state index >= 15 is 0 Å². The summed E-state index contributed by atoms with van der Waals surface area (Å²) in [5.74, 6) is 0.667. The summed E-state index contributed by atoms with van der Waals surface area (Å²) in [6.45, 7) is 2.18. The molecule has 0 saturated heterocycles. The molecule has 5 heteroatoms. The molecule has 0 amide bonds. The van der Waals surface area contributed by atoms with Gasteiger partial charge in [0.15, 0.2) is 0 Å². The van der Waals surface area contributed by atoms with Crippen molar-refractivity contribution in [2.24, 2.45) is 0 Å². The fourth-order valence-electron chi connectivity index (χ4n) is 2.86. The van der Waals surface area contributed by atoms with Gasteiger partial charge in [0.25, 0.3) is 0 Å². The number of benzene rings is 1. The molecule has 0 spiro atoms. The molecule has 22 heavy (non-hydrogen) atoms. The molecule has 1 aliphatic carbocycles. The standard InChI is InChI=1S/C17H18O4S/c1-2-20-17(19)10-22-9-13-8-16(18)21-15-7-12-5-3-4-11(12)6-14(13)15/h6-8H,2-5,9-10H2,1H3. The maximum atomic E-state index is 11.7. The number of hydrogen-bond donors (Lipinski definition) is 0. The molecule has 2 aromatic rings. The molecule has 1 heterocycles. The van der Waals surface area contributed by atoms with E-state index in [-0.39, 0.29) is 11.6 Å². The first-order valence-electron chi connectivity index (χ1n) is 7.49. The van der Waals surface area contributed by atoms with Crippen molar-refractivity contribution < 1.29 is 13.9 Å². The van der Waals surface area contributed by atoms with Gasteiger partial charge in [0, 0.05) is 17.2 Å². The van der Waals surface area contributed by atoms with Gasteiger partial charge < -0.3 is 9.15 Å². The van der Waals surface area contributed by atoms with Gasteiger partial charge >= 0.3 is 11.6 Å². The first kappa shape index (κ1) is 15.2. The number of carbonyl (C=O) groups excluding carboxylic acids is 1. The van der Waals surface area contributed by atoms with Crippen molar-refractivity contribution in [3.05, 3.63) is 45.3 Å². The molecule has 116 valence electrons. The molecule has 0 aliphatic heterocycles. The van der Waals surface area contributed by atoms with Crippen LogP contribution in [0, 0.1) is 0 Å². The maximum Gasteiger partial charge on any atom is 0.336 e. The highest BCUT2D eigenvalue weighted by atomic mass is 32.2. The Morgan fingerprint density at radius 3 is 2.82 bits per heavy atom. The van der Waals surface area contributed by atoms with Crippen LogP contribution >= 0.6 is 11.8 Å². The number of thioether (sulfide) groups is 1. The van der Waals surface area contributed by atoms with E-state index in [1.165, 1.54) is 29.0 Å². The number of rotatable bonds is 5. The molecule has 3 rings (SSSR count). The first-order valence-corrected chi connectivity index (χ1v) is 8.64. The Labute approximate surface area is 132 Å². The average Bonchev–Trinajstić information content (AvgIpc) is 2.92. The molecule has 0 fully saturated rings. The highest BCUT2D eigenvalue weighted by molar-refractivity contribution is 7.99. The molecule has 1 aromatic heterocycles. The zero-order valence-corrected chi connectivity index (χ0v) is 13.3. The summed E-state index contributed by atoms with van der Waals surface area (Å²) in [7, 11) is 0. The van der Waals surface area contributed by atoms with Gasteiger partial charge in [0.05, 0.1) is 12.4 Å². The Morgan fingerprint density at radius 1 is 1.27 bits per heavy atom. The van der Waals surface area contributed by atoms with Gasteiger partial charge in [-0.3, -0.25) is 4.79 Å². The predicted molar refractivity (Wildman–Crippen MR) is 87.3 cm³/mol. The smallest absolute Gasteiger partial charge is 0.336 e. The van der Waals surface area contributed by atoms with Gasteiger partial charge in [0.2, 0.25) is 0 Å². The second kappa shape index (κ2) is 6.57. The Morgan fingerprint density at radius 2 is 2.05 bits per heavy atom. The Balaban J connectivity index is 1.85. The summed E-state index contributed by atoms with van der Waals surface area (Å²) >= 11 is 1.46. The number of ether oxygens (including phenoxy) is 1. The Hall–Kier alpha value is -1.75. The van der Waals surface area contributed by atoms with E-state index in [0.29, 0.717) is 23.7 Å². The molecule has 4 nitrogen and oxygen atoms in total. The summed E-state index contributed by atoms with van der Waals surface area (Å²) in [5, 5.41) is 0.983. The van der Waals surface area contributed by atoms with Crippen molar-refractivity contribution >= 4 is 28.7 Å². The lowest BCUT2D eigenvalue weighted by Crippen LogP contribution is -2.07. The van der Waals surface area contributed by atoms with E-state index in [1.807, 2.05) is 6.07 Å². The molecular formula is C17H18O4S. The minimum atomic E-state index is -0.336. The Bertz CT molecular complexity index is 763. The minimum Gasteiger partial charge on any atom is -0.465 e. The van der Waals surface area contributed by atoms with Crippen LogP contribution in [0.25, 0.3) is 11.0 Å². The summed E-state index contributed by atoms with van der Waals surface area (Å²) in [4.78, 5) is 23.1. The van der Waals surface area contributed by atoms with Crippen molar-refractivity contribution in [2.45, 2.75) is 31.9 Å². The molecule has 0 radical (unpaired) electrons. The van der Waals surface area contributed by atoms with Crippen LogP contribution in [0.4, 0.5) is 0 Å². The van der Waals surface area contributed by atoms with Gasteiger partial charge in [-0.05, 0) is 55.0 Å². The van der Waals surface area contributed by atoms with Crippen LogP contribution in [0.5, 0.6) is 0 Å². The van der Waals surface area contributed by atoms with Crippen LogP contribution in [0.1, 0.15) is 30.0 Å². The summed E-state index contributed by atoms with van der Waals surface area (Å²) < 4.78 is 10.2. The zero-order valence-electron chi connectivity index (χ0n) is 12.5. The van der Waals surface area contributed by atoms with Gasteiger partial charge in [0.1, 0.15) is 5.58 Å². The summed E-state index contributed by atoms with van der Waals surface area (Å²) in [5.41, 5.74) is 3.87. The number of fused-ring (bicyclic) bond motifs is 2. The van der Waals surface area contributed by atoms with E-state index in [0.717, 1.165) is 30.2 Å². The summed E-state index contributed by atoms with van der Waals surface area (Å²) in [6, 6.07) is 5.67. The predicted octanol–water partition coefficient (Wildman–Crippen LogP) is 3.08. The van der Waals surface area contributed by atoms with Crippen LogP contribution in [0.2, 0.25) is 0 Å². The lowest BCUT2D eigenvalue weighted by molar-refractivity contribution is -0.139.